The zero-order chi connectivity index (χ0) is 23.4. The van der Waals surface area contributed by atoms with Crippen molar-refractivity contribution in [2.24, 2.45) is 7.05 Å². The Morgan fingerprint density at radius 2 is 1.61 bits per heavy atom. The lowest BCUT2D eigenvalue weighted by Crippen LogP contribution is -2.52. The van der Waals surface area contributed by atoms with E-state index in [9.17, 15) is 9.59 Å². The van der Waals surface area contributed by atoms with Gasteiger partial charge in [-0.1, -0.05) is 72.3 Å². The molecule has 0 aliphatic carbocycles. The van der Waals surface area contributed by atoms with Crippen LogP contribution in [-0.4, -0.2) is 57.6 Å². The summed E-state index contributed by atoms with van der Waals surface area (Å²) in [5, 5.41) is 7.73. The minimum atomic E-state index is -0.422. The molecule has 0 spiro atoms. The summed E-state index contributed by atoms with van der Waals surface area (Å²) in [6.07, 6.45) is 0. The summed E-state index contributed by atoms with van der Waals surface area (Å²) in [6, 6.07) is 19.2. The van der Waals surface area contributed by atoms with Crippen LogP contribution in [0, 0.1) is 6.92 Å². The van der Waals surface area contributed by atoms with Crippen molar-refractivity contribution in [2.75, 3.05) is 26.2 Å². The van der Waals surface area contributed by atoms with Gasteiger partial charge in [-0.25, -0.2) is 0 Å². The largest absolute Gasteiger partial charge is 0.350 e. The van der Waals surface area contributed by atoms with Gasteiger partial charge >= 0.3 is 0 Å². The van der Waals surface area contributed by atoms with E-state index in [1.54, 1.807) is 18.9 Å². The van der Waals surface area contributed by atoms with Crippen molar-refractivity contribution in [3.05, 3.63) is 88.2 Å². The van der Waals surface area contributed by atoms with Crippen molar-refractivity contribution in [1.29, 1.82) is 0 Å². The first-order chi connectivity index (χ1) is 16.0. The van der Waals surface area contributed by atoms with Crippen LogP contribution in [0.2, 0.25) is 5.02 Å². The van der Waals surface area contributed by atoms with Crippen LogP contribution in [0.25, 0.3) is 0 Å². The second-order valence-corrected chi connectivity index (χ2v) is 8.59. The Morgan fingerprint density at radius 3 is 2.18 bits per heavy atom. The van der Waals surface area contributed by atoms with Gasteiger partial charge in [0.1, 0.15) is 11.7 Å². The fourth-order valence-corrected chi connectivity index (χ4v) is 4.48. The number of carbonyl (C=O) groups excluding carboxylic acids is 2. The highest BCUT2D eigenvalue weighted by Crippen LogP contribution is 2.25. The number of carbonyl (C=O) groups is 2. The average Bonchev–Trinajstić information content (AvgIpc) is 3.10. The van der Waals surface area contributed by atoms with E-state index in [4.69, 9.17) is 11.6 Å². The van der Waals surface area contributed by atoms with E-state index in [1.807, 2.05) is 60.7 Å². The van der Waals surface area contributed by atoms with Crippen molar-refractivity contribution in [1.82, 2.24) is 24.9 Å². The third-order valence-electron chi connectivity index (χ3n) is 5.99. The first kappa shape index (κ1) is 23.0. The highest BCUT2D eigenvalue weighted by molar-refractivity contribution is 6.34. The first-order valence-electron chi connectivity index (χ1n) is 11.0. The topological polar surface area (TPSA) is 70.5 Å². The fraction of sp³-hybridized carbons (Fsp3) is 0.320. The number of halogens is 1. The molecular weight excluding hydrogens is 438 g/mol. The van der Waals surface area contributed by atoms with E-state index in [-0.39, 0.29) is 11.8 Å². The summed E-state index contributed by atoms with van der Waals surface area (Å²) in [5.41, 5.74) is 3.03. The predicted octanol–water partition coefficient (Wildman–Crippen LogP) is 3.20. The van der Waals surface area contributed by atoms with Crippen molar-refractivity contribution in [2.45, 2.75) is 19.5 Å². The van der Waals surface area contributed by atoms with Gasteiger partial charge in [0.05, 0.1) is 10.7 Å². The molecule has 8 heteroatoms. The van der Waals surface area contributed by atoms with E-state index in [1.165, 1.54) is 4.68 Å². The van der Waals surface area contributed by atoms with Gasteiger partial charge in [-0.05, 0) is 18.1 Å². The van der Waals surface area contributed by atoms with Gasteiger partial charge in [-0.15, -0.1) is 0 Å². The summed E-state index contributed by atoms with van der Waals surface area (Å²) in [5.74, 6) is -0.178. The van der Waals surface area contributed by atoms with Gasteiger partial charge in [-0.3, -0.25) is 19.2 Å². The molecular formula is C25H28ClN5O2. The quantitative estimate of drug-likeness (QED) is 0.607. The minimum absolute atomic E-state index is 0.0462. The number of rotatable bonds is 6. The summed E-state index contributed by atoms with van der Waals surface area (Å²) in [4.78, 5) is 30.3. The van der Waals surface area contributed by atoms with Crippen molar-refractivity contribution >= 4 is 23.4 Å². The summed E-state index contributed by atoms with van der Waals surface area (Å²) >= 11 is 6.32. The lowest BCUT2D eigenvalue weighted by molar-refractivity contribution is -0.127. The molecule has 4 rings (SSSR count). The maximum absolute atomic E-state index is 13.3. The van der Waals surface area contributed by atoms with Crippen LogP contribution in [-0.2, 0) is 18.4 Å². The Morgan fingerprint density at radius 1 is 1.00 bits per heavy atom. The van der Waals surface area contributed by atoms with E-state index >= 15 is 0 Å². The van der Waals surface area contributed by atoms with Crippen LogP contribution in [0.4, 0.5) is 0 Å². The van der Waals surface area contributed by atoms with Crippen molar-refractivity contribution < 1.29 is 9.59 Å². The molecule has 1 saturated heterocycles. The lowest BCUT2D eigenvalue weighted by Gasteiger charge is -2.38. The molecule has 1 atom stereocenters. The first-order valence-corrected chi connectivity index (χ1v) is 11.4. The Hall–Kier alpha value is -3.16. The summed E-state index contributed by atoms with van der Waals surface area (Å²) in [6.45, 7) is 4.44. The molecule has 2 amide bonds. The zero-order valence-corrected chi connectivity index (χ0v) is 19.6. The smallest absolute Gasteiger partial charge is 0.273 e. The molecule has 7 nitrogen and oxygen atoms in total. The third-order valence-corrected chi connectivity index (χ3v) is 6.44. The normalized spacial score (nSPS) is 15.3. The Balaban J connectivity index is 1.46. The number of benzene rings is 2. The third kappa shape index (κ3) is 5.10. The molecule has 0 radical (unpaired) electrons. The highest BCUT2D eigenvalue weighted by Gasteiger charge is 2.33. The molecule has 1 aromatic heterocycles. The molecule has 0 saturated carbocycles. The average molecular weight is 466 g/mol. The monoisotopic (exact) mass is 465 g/mol. The van der Waals surface area contributed by atoms with Gasteiger partial charge in [0.15, 0.2) is 0 Å². The molecule has 1 aliphatic heterocycles. The molecule has 2 heterocycles. The highest BCUT2D eigenvalue weighted by atomic mass is 35.5. The molecule has 2 aromatic carbocycles. The van der Waals surface area contributed by atoms with Crippen LogP contribution < -0.4 is 5.32 Å². The SMILES string of the molecule is Cc1nn(C)c(C(=O)N2CCN(C(C(=O)NCc3ccccc3)c3ccccc3)CC2)c1Cl. The summed E-state index contributed by atoms with van der Waals surface area (Å²) in [7, 11) is 1.73. The number of hydrogen-bond acceptors (Lipinski definition) is 4. The van der Waals surface area contributed by atoms with Gasteiger partial charge in [-0.2, -0.15) is 5.10 Å². The molecule has 1 unspecified atom stereocenters. The number of hydrogen-bond donors (Lipinski definition) is 1. The Labute approximate surface area is 198 Å². The van der Waals surface area contributed by atoms with Gasteiger partial charge in [0, 0.05) is 39.8 Å². The Kier molecular flexibility index (Phi) is 7.11. The molecule has 3 aromatic rings. The second-order valence-electron chi connectivity index (χ2n) is 8.22. The number of nitrogens with one attached hydrogen (secondary N) is 1. The standard InChI is InChI=1S/C25H28ClN5O2/c1-18-21(26)23(29(2)28-18)25(33)31-15-13-30(14-16-31)22(20-11-7-4-8-12-20)24(32)27-17-19-9-5-3-6-10-19/h3-12,22H,13-17H2,1-2H3,(H,27,32). The van der Waals surface area contributed by atoms with E-state index in [0.717, 1.165) is 11.1 Å². The molecule has 33 heavy (non-hydrogen) atoms. The van der Waals surface area contributed by atoms with Gasteiger partial charge in [0.2, 0.25) is 5.91 Å². The van der Waals surface area contributed by atoms with E-state index < -0.39 is 6.04 Å². The minimum Gasteiger partial charge on any atom is -0.350 e. The number of nitrogens with zero attached hydrogens (tertiary/aromatic N) is 4. The van der Waals surface area contributed by atoms with Crippen LogP contribution >= 0.6 is 11.6 Å². The van der Waals surface area contributed by atoms with E-state index in [2.05, 4.69) is 15.3 Å². The van der Waals surface area contributed by atoms with Crippen LogP contribution in [0.1, 0.15) is 33.4 Å². The van der Waals surface area contributed by atoms with Crippen molar-refractivity contribution in [3.8, 4) is 0 Å². The van der Waals surface area contributed by atoms with Gasteiger partial charge < -0.3 is 10.2 Å². The molecule has 1 fully saturated rings. The molecule has 172 valence electrons. The predicted molar refractivity (Wildman–Crippen MR) is 128 cm³/mol. The second kappa shape index (κ2) is 10.2. The maximum atomic E-state index is 13.3. The number of amides is 2. The van der Waals surface area contributed by atoms with Crippen LogP contribution in [0.3, 0.4) is 0 Å². The zero-order valence-electron chi connectivity index (χ0n) is 18.9. The van der Waals surface area contributed by atoms with Crippen LogP contribution in [0.15, 0.2) is 60.7 Å². The molecule has 1 aliphatic rings. The number of piperazine rings is 1. The van der Waals surface area contributed by atoms with Gasteiger partial charge in [0.25, 0.3) is 5.91 Å². The maximum Gasteiger partial charge on any atom is 0.273 e. The molecule has 1 N–H and O–H groups in total. The van der Waals surface area contributed by atoms with Crippen molar-refractivity contribution in [3.63, 3.8) is 0 Å². The summed E-state index contributed by atoms with van der Waals surface area (Å²) < 4.78 is 1.54. The Bertz CT molecular complexity index is 1110. The molecule has 0 bridgehead atoms. The number of aryl methyl sites for hydroxylation is 2. The fourth-order valence-electron chi connectivity index (χ4n) is 4.24. The lowest BCUT2D eigenvalue weighted by atomic mass is 10.0. The number of aromatic nitrogens is 2. The van der Waals surface area contributed by atoms with Crippen LogP contribution in [0.5, 0.6) is 0 Å². The van der Waals surface area contributed by atoms with E-state index in [0.29, 0.717) is 49.1 Å².